The molecular formula is C12H23NO4S. The molecule has 2 fully saturated rings. The number of nitrogens with two attached hydrogens (primary N) is 1. The van der Waals surface area contributed by atoms with E-state index in [2.05, 4.69) is 0 Å². The third kappa shape index (κ3) is 2.87. The molecule has 0 aromatic rings. The molecule has 1 spiro atoms. The monoisotopic (exact) mass is 277 g/mol. The molecule has 106 valence electrons. The van der Waals surface area contributed by atoms with Crippen molar-refractivity contribution in [2.24, 2.45) is 11.7 Å². The van der Waals surface area contributed by atoms with E-state index in [0.29, 0.717) is 13.2 Å². The van der Waals surface area contributed by atoms with Gasteiger partial charge in [-0.15, -0.1) is 0 Å². The van der Waals surface area contributed by atoms with Gasteiger partial charge < -0.3 is 15.2 Å². The van der Waals surface area contributed by atoms with Gasteiger partial charge in [-0.25, -0.2) is 8.42 Å². The highest BCUT2D eigenvalue weighted by Gasteiger charge is 2.44. The second-order valence-corrected chi connectivity index (χ2v) is 8.10. The predicted molar refractivity (Wildman–Crippen MR) is 69.1 cm³/mol. The van der Waals surface area contributed by atoms with Crippen LogP contribution in [-0.4, -0.2) is 51.4 Å². The SMILES string of the molecule is CC(C(N)C1CCOC2(CCOC2)C1)S(C)(=O)=O. The standard InChI is InChI=1S/C12H23NO4S/c1-9(18(2,14)15)11(13)10-3-5-17-12(7-10)4-6-16-8-12/h9-11H,3-8,13H2,1-2H3. The second kappa shape index (κ2) is 5.07. The highest BCUT2D eigenvalue weighted by atomic mass is 32.2. The lowest BCUT2D eigenvalue weighted by molar-refractivity contribution is -0.101. The van der Waals surface area contributed by atoms with Crippen LogP contribution in [0.2, 0.25) is 0 Å². The van der Waals surface area contributed by atoms with Crippen molar-refractivity contribution in [2.45, 2.75) is 43.1 Å². The van der Waals surface area contributed by atoms with Crippen LogP contribution >= 0.6 is 0 Å². The van der Waals surface area contributed by atoms with Crippen molar-refractivity contribution in [1.82, 2.24) is 0 Å². The molecule has 0 aromatic heterocycles. The first-order valence-electron chi connectivity index (χ1n) is 6.50. The van der Waals surface area contributed by atoms with E-state index in [4.69, 9.17) is 15.2 Å². The van der Waals surface area contributed by atoms with Crippen LogP contribution in [-0.2, 0) is 19.3 Å². The van der Waals surface area contributed by atoms with Crippen LogP contribution < -0.4 is 5.73 Å². The molecule has 6 heteroatoms. The molecule has 0 bridgehead atoms. The summed E-state index contributed by atoms with van der Waals surface area (Å²) in [7, 11) is -3.08. The molecule has 5 nitrogen and oxygen atoms in total. The van der Waals surface area contributed by atoms with Crippen LogP contribution in [0.5, 0.6) is 0 Å². The van der Waals surface area contributed by atoms with Crippen LogP contribution in [0.15, 0.2) is 0 Å². The summed E-state index contributed by atoms with van der Waals surface area (Å²) in [5.74, 6) is 0.199. The third-order valence-electron chi connectivity index (χ3n) is 4.36. The molecular weight excluding hydrogens is 254 g/mol. The fourth-order valence-electron chi connectivity index (χ4n) is 2.93. The average Bonchev–Trinajstić information content (AvgIpc) is 2.74. The van der Waals surface area contributed by atoms with Gasteiger partial charge in [0, 0.05) is 31.9 Å². The largest absolute Gasteiger partial charge is 0.378 e. The first-order chi connectivity index (χ1) is 8.34. The van der Waals surface area contributed by atoms with Gasteiger partial charge in [0.05, 0.1) is 17.5 Å². The van der Waals surface area contributed by atoms with E-state index in [9.17, 15) is 8.42 Å². The lowest BCUT2D eigenvalue weighted by Gasteiger charge is -2.40. The van der Waals surface area contributed by atoms with Crippen LogP contribution in [0.25, 0.3) is 0 Å². The number of hydrogen-bond acceptors (Lipinski definition) is 5. The minimum atomic E-state index is -3.08. The molecule has 2 saturated heterocycles. The molecule has 0 aromatic carbocycles. The van der Waals surface area contributed by atoms with Crippen molar-refractivity contribution in [3.63, 3.8) is 0 Å². The zero-order valence-corrected chi connectivity index (χ0v) is 11.9. The van der Waals surface area contributed by atoms with E-state index >= 15 is 0 Å². The topological polar surface area (TPSA) is 78.6 Å². The molecule has 18 heavy (non-hydrogen) atoms. The Bertz CT molecular complexity index is 389. The average molecular weight is 277 g/mol. The van der Waals surface area contributed by atoms with Crippen LogP contribution in [0.4, 0.5) is 0 Å². The number of rotatable bonds is 3. The predicted octanol–water partition coefficient (Wildman–Crippen LogP) is 0.333. The minimum Gasteiger partial charge on any atom is -0.378 e. The van der Waals surface area contributed by atoms with Gasteiger partial charge in [-0.3, -0.25) is 0 Å². The summed E-state index contributed by atoms with van der Waals surface area (Å²) in [5, 5.41) is -0.500. The van der Waals surface area contributed by atoms with E-state index in [0.717, 1.165) is 25.9 Å². The molecule has 0 saturated carbocycles. The first kappa shape index (κ1) is 14.2. The molecule has 2 N–H and O–H groups in total. The molecule has 0 aliphatic carbocycles. The maximum Gasteiger partial charge on any atom is 0.151 e. The Hall–Kier alpha value is -0.170. The molecule has 2 aliphatic rings. The molecule has 4 unspecified atom stereocenters. The zero-order chi connectivity index (χ0) is 13.4. The van der Waals surface area contributed by atoms with E-state index in [1.165, 1.54) is 6.26 Å². The van der Waals surface area contributed by atoms with E-state index in [1.807, 2.05) is 0 Å². The summed E-state index contributed by atoms with van der Waals surface area (Å²) >= 11 is 0. The summed E-state index contributed by atoms with van der Waals surface area (Å²) < 4.78 is 34.4. The van der Waals surface area contributed by atoms with Crippen molar-refractivity contribution in [2.75, 3.05) is 26.1 Å². The Balaban J connectivity index is 2.04. The van der Waals surface area contributed by atoms with Gasteiger partial charge in [-0.2, -0.15) is 0 Å². The van der Waals surface area contributed by atoms with Gasteiger partial charge in [0.15, 0.2) is 9.84 Å². The smallest absolute Gasteiger partial charge is 0.151 e. The molecule has 4 atom stereocenters. The van der Waals surface area contributed by atoms with Crippen molar-refractivity contribution >= 4 is 9.84 Å². The van der Waals surface area contributed by atoms with Gasteiger partial charge in [0.1, 0.15) is 0 Å². The van der Waals surface area contributed by atoms with Crippen molar-refractivity contribution in [3.8, 4) is 0 Å². The summed E-state index contributed by atoms with van der Waals surface area (Å²) in [5.41, 5.74) is 5.94. The first-order valence-corrected chi connectivity index (χ1v) is 8.46. The van der Waals surface area contributed by atoms with Gasteiger partial charge in [-0.05, 0) is 25.7 Å². The van der Waals surface area contributed by atoms with Gasteiger partial charge >= 0.3 is 0 Å². The number of ether oxygens (including phenoxy) is 2. The van der Waals surface area contributed by atoms with Gasteiger partial charge in [0.2, 0.25) is 0 Å². The highest BCUT2D eigenvalue weighted by Crippen LogP contribution is 2.37. The summed E-state index contributed by atoms with van der Waals surface area (Å²) in [6.07, 6.45) is 3.80. The minimum absolute atomic E-state index is 0.199. The number of hydrogen-bond donors (Lipinski definition) is 1. The van der Waals surface area contributed by atoms with Crippen LogP contribution in [0.3, 0.4) is 0 Å². The fraction of sp³-hybridized carbons (Fsp3) is 1.00. The zero-order valence-electron chi connectivity index (χ0n) is 11.1. The maximum absolute atomic E-state index is 11.6. The van der Waals surface area contributed by atoms with E-state index in [-0.39, 0.29) is 17.6 Å². The lowest BCUT2D eigenvalue weighted by Crippen LogP contribution is -2.50. The quantitative estimate of drug-likeness (QED) is 0.804. The normalized spacial score (nSPS) is 36.7. The van der Waals surface area contributed by atoms with Crippen molar-refractivity contribution in [3.05, 3.63) is 0 Å². The molecule has 2 rings (SSSR count). The lowest BCUT2D eigenvalue weighted by atomic mass is 9.80. The second-order valence-electron chi connectivity index (χ2n) is 5.70. The summed E-state index contributed by atoms with van der Waals surface area (Å²) in [4.78, 5) is 0. The summed E-state index contributed by atoms with van der Waals surface area (Å²) in [6.45, 7) is 3.69. The van der Waals surface area contributed by atoms with E-state index in [1.54, 1.807) is 6.92 Å². The fourth-order valence-corrected chi connectivity index (χ4v) is 3.72. The van der Waals surface area contributed by atoms with Crippen molar-refractivity contribution in [1.29, 1.82) is 0 Å². The maximum atomic E-state index is 11.6. The molecule has 2 aliphatic heterocycles. The van der Waals surface area contributed by atoms with Gasteiger partial charge in [-0.1, -0.05) is 0 Å². The van der Waals surface area contributed by atoms with Crippen LogP contribution in [0, 0.1) is 5.92 Å². The van der Waals surface area contributed by atoms with Crippen LogP contribution in [0.1, 0.15) is 26.2 Å². The summed E-state index contributed by atoms with van der Waals surface area (Å²) in [6, 6.07) is -0.318. The number of sulfone groups is 1. The Morgan fingerprint density at radius 2 is 2.11 bits per heavy atom. The Labute approximate surface area is 109 Å². The Morgan fingerprint density at radius 3 is 2.67 bits per heavy atom. The molecule has 0 amide bonds. The Morgan fingerprint density at radius 1 is 1.39 bits per heavy atom. The highest BCUT2D eigenvalue weighted by molar-refractivity contribution is 7.91. The third-order valence-corrected chi connectivity index (χ3v) is 6.02. The molecule has 0 radical (unpaired) electrons. The molecule has 2 heterocycles. The van der Waals surface area contributed by atoms with E-state index < -0.39 is 15.1 Å². The van der Waals surface area contributed by atoms with Gasteiger partial charge in [0.25, 0.3) is 0 Å². The Kier molecular flexibility index (Phi) is 4.02. The van der Waals surface area contributed by atoms with Crippen molar-refractivity contribution < 1.29 is 17.9 Å².